The number of anilines is 2. The van der Waals surface area contributed by atoms with Gasteiger partial charge in [0.2, 0.25) is 15.9 Å². The van der Waals surface area contributed by atoms with Gasteiger partial charge in [0, 0.05) is 5.69 Å². The summed E-state index contributed by atoms with van der Waals surface area (Å²) in [6, 6.07) is 9.23. The lowest BCUT2D eigenvalue weighted by atomic mass is 10.1. The van der Waals surface area contributed by atoms with E-state index in [1.165, 1.54) is 14.0 Å². The van der Waals surface area contributed by atoms with Crippen molar-refractivity contribution in [3.63, 3.8) is 0 Å². The normalized spacial score (nSPS) is 12.2. The van der Waals surface area contributed by atoms with Gasteiger partial charge in [0.05, 0.1) is 24.6 Å². The molecule has 2 aromatic rings. The predicted octanol–water partition coefficient (Wildman–Crippen LogP) is 3.19. The Bertz CT molecular complexity index is 1030. The Balaban J connectivity index is 2.39. The van der Waals surface area contributed by atoms with Crippen molar-refractivity contribution in [1.29, 1.82) is 0 Å². The summed E-state index contributed by atoms with van der Waals surface area (Å²) in [4.78, 5) is 24.8. The van der Waals surface area contributed by atoms with Gasteiger partial charge >= 0.3 is 5.97 Å². The van der Waals surface area contributed by atoms with E-state index in [2.05, 4.69) is 5.32 Å². The molecule has 2 rings (SSSR count). The third kappa shape index (κ3) is 5.14. The van der Waals surface area contributed by atoms with Crippen LogP contribution >= 0.6 is 0 Å². The highest BCUT2D eigenvalue weighted by atomic mass is 32.2. The summed E-state index contributed by atoms with van der Waals surface area (Å²) in [6.07, 6.45) is 1.07. The summed E-state index contributed by atoms with van der Waals surface area (Å²) in [5, 5.41) is 2.73. The molecule has 0 aliphatic heterocycles. The van der Waals surface area contributed by atoms with Crippen LogP contribution in [0.15, 0.2) is 36.4 Å². The summed E-state index contributed by atoms with van der Waals surface area (Å²) in [6.45, 7) is 6.94. The molecule has 156 valence electrons. The number of amides is 1. The van der Waals surface area contributed by atoms with E-state index in [4.69, 9.17) is 4.74 Å². The first-order valence-electron chi connectivity index (χ1n) is 9.02. The molecule has 0 radical (unpaired) electrons. The van der Waals surface area contributed by atoms with Crippen LogP contribution in [0.2, 0.25) is 0 Å². The van der Waals surface area contributed by atoms with Crippen LogP contribution in [0.4, 0.5) is 11.4 Å². The van der Waals surface area contributed by atoms with E-state index in [-0.39, 0.29) is 0 Å². The summed E-state index contributed by atoms with van der Waals surface area (Å²) >= 11 is 0. The average Bonchev–Trinajstić information content (AvgIpc) is 2.60. The third-order valence-electron chi connectivity index (χ3n) is 4.55. The van der Waals surface area contributed by atoms with E-state index in [9.17, 15) is 18.0 Å². The molecule has 0 saturated heterocycles. The zero-order chi connectivity index (χ0) is 21.9. The molecular weight excluding hydrogens is 392 g/mol. The van der Waals surface area contributed by atoms with E-state index in [1.807, 2.05) is 19.9 Å². The molecule has 0 heterocycles. The van der Waals surface area contributed by atoms with Crippen LogP contribution < -0.4 is 9.62 Å². The number of ether oxygens (including phenoxy) is 1. The largest absolute Gasteiger partial charge is 0.465 e. The maximum Gasteiger partial charge on any atom is 0.338 e. The monoisotopic (exact) mass is 418 g/mol. The van der Waals surface area contributed by atoms with Gasteiger partial charge < -0.3 is 10.1 Å². The highest BCUT2D eigenvalue weighted by Crippen LogP contribution is 2.25. The van der Waals surface area contributed by atoms with E-state index < -0.39 is 27.9 Å². The predicted molar refractivity (Wildman–Crippen MR) is 114 cm³/mol. The molecule has 1 atom stereocenters. The van der Waals surface area contributed by atoms with Gasteiger partial charge in [0.15, 0.2) is 0 Å². The minimum absolute atomic E-state index is 0.326. The molecule has 29 heavy (non-hydrogen) atoms. The minimum Gasteiger partial charge on any atom is -0.465 e. The highest BCUT2D eigenvalue weighted by Gasteiger charge is 2.30. The maximum atomic E-state index is 12.9. The van der Waals surface area contributed by atoms with E-state index >= 15 is 0 Å². The molecule has 0 aliphatic carbocycles. The van der Waals surface area contributed by atoms with E-state index in [0.29, 0.717) is 22.5 Å². The fourth-order valence-corrected chi connectivity index (χ4v) is 4.38. The van der Waals surface area contributed by atoms with Crippen LogP contribution in [0.25, 0.3) is 0 Å². The third-order valence-corrected chi connectivity index (χ3v) is 5.79. The fourth-order valence-electron chi connectivity index (χ4n) is 3.23. The van der Waals surface area contributed by atoms with Gasteiger partial charge in [-0.15, -0.1) is 0 Å². The molecule has 0 aliphatic rings. The SMILES string of the molecule is COC(=O)c1cccc(NC(=O)[C@@H](C)N(c2cc(C)cc(C)c2)S(C)(=O)=O)c1C. The topological polar surface area (TPSA) is 92.8 Å². The number of hydrogen-bond donors (Lipinski definition) is 1. The number of carbonyl (C=O) groups is 2. The van der Waals surface area contributed by atoms with Crippen molar-refractivity contribution in [2.75, 3.05) is 23.0 Å². The summed E-state index contributed by atoms with van der Waals surface area (Å²) in [5.41, 5.74) is 3.49. The Morgan fingerprint density at radius 3 is 2.17 bits per heavy atom. The number of esters is 1. The van der Waals surface area contributed by atoms with Crippen molar-refractivity contribution in [1.82, 2.24) is 0 Å². The summed E-state index contributed by atoms with van der Waals surface area (Å²) in [7, 11) is -2.44. The first kappa shape index (κ1) is 22.4. The van der Waals surface area contributed by atoms with Crippen LogP contribution in [0.5, 0.6) is 0 Å². The van der Waals surface area contributed by atoms with Crippen LogP contribution in [0.1, 0.15) is 34.0 Å². The van der Waals surface area contributed by atoms with Crippen molar-refractivity contribution in [2.45, 2.75) is 33.7 Å². The standard InChI is InChI=1S/C21H26N2O5S/c1-13-10-14(2)12-17(11-13)23(29(6,26)27)16(4)20(24)22-19-9-7-8-18(15(19)3)21(25)28-5/h7-12,16H,1-6H3,(H,22,24)/t16-/m1/s1. The summed E-state index contributed by atoms with van der Waals surface area (Å²) in [5.74, 6) is -1.03. The summed E-state index contributed by atoms with van der Waals surface area (Å²) < 4.78 is 30.8. The Morgan fingerprint density at radius 2 is 1.66 bits per heavy atom. The van der Waals surface area contributed by atoms with E-state index in [0.717, 1.165) is 21.7 Å². The molecule has 0 fully saturated rings. The first-order chi connectivity index (χ1) is 13.5. The molecule has 1 N–H and O–H groups in total. The maximum absolute atomic E-state index is 12.9. The quantitative estimate of drug-likeness (QED) is 0.727. The molecular formula is C21H26N2O5S. The van der Waals surface area contributed by atoms with Gasteiger partial charge in [-0.2, -0.15) is 0 Å². The van der Waals surface area contributed by atoms with Gasteiger partial charge in [-0.05, 0) is 68.7 Å². The number of carbonyl (C=O) groups excluding carboxylic acids is 2. The molecule has 1 amide bonds. The number of aryl methyl sites for hydroxylation is 2. The van der Waals surface area contributed by atoms with Gasteiger partial charge in [0.1, 0.15) is 6.04 Å². The molecule has 0 saturated carbocycles. The van der Waals surface area contributed by atoms with Gasteiger partial charge in [0.25, 0.3) is 0 Å². The second-order valence-corrected chi connectivity index (χ2v) is 8.90. The fraction of sp³-hybridized carbons (Fsp3) is 0.333. The number of rotatable bonds is 6. The highest BCUT2D eigenvalue weighted by molar-refractivity contribution is 7.92. The number of benzene rings is 2. The van der Waals surface area contributed by atoms with Crippen LogP contribution in [0, 0.1) is 20.8 Å². The van der Waals surface area contributed by atoms with Crippen molar-refractivity contribution in [2.24, 2.45) is 0 Å². The van der Waals surface area contributed by atoms with Gasteiger partial charge in [-0.3, -0.25) is 9.10 Å². The Kier molecular flexibility index (Phi) is 6.69. The second-order valence-electron chi connectivity index (χ2n) is 7.04. The zero-order valence-electron chi connectivity index (χ0n) is 17.4. The minimum atomic E-state index is -3.73. The molecule has 0 unspecified atom stereocenters. The molecule has 2 aromatic carbocycles. The molecule has 0 spiro atoms. The first-order valence-corrected chi connectivity index (χ1v) is 10.9. The van der Waals surface area contributed by atoms with Crippen LogP contribution in [-0.2, 0) is 19.6 Å². The molecule has 0 bridgehead atoms. The average molecular weight is 419 g/mol. The molecule has 8 heteroatoms. The smallest absolute Gasteiger partial charge is 0.338 e. The zero-order valence-corrected chi connectivity index (χ0v) is 18.3. The van der Waals surface area contributed by atoms with Gasteiger partial charge in [-0.1, -0.05) is 12.1 Å². The molecule has 0 aromatic heterocycles. The number of methoxy groups -OCH3 is 1. The van der Waals surface area contributed by atoms with Crippen molar-refractivity contribution in [3.8, 4) is 0 Å². The van der Waals surface area contributed by atoms with Crippen LogP contribution in [-0.4, -0.2) is 39.7 Å². The van der Waals surface area contributed by atoms with Crippen molar-refractivity contribution >= 4 is 33.3 Å². The number of nitrogens with zero attached hydrogens (tertiary/aromatic N) is 1. The lowest BCUT2D eigenvalue weighted by molar-refractivity contribution is -0.116. The second kappa shape index (κ2) is 8.65. The molecule has 7 nitrogen and oxygen atoms in total. The Labute approximate surface area is 171 Å². The Morgan fingerprint density at radius 1 is 1.07 bits per heavy atom. The van der Waals surface area contributed by atoms with Crippen molar-refractivity contribution in [3.05, 3.63) is 58.7 Å². The Hall–Kier alpha value is -2.87. The lowest BCUT2D eigenvalue weighted by Crippen LogP contribution is -2.45. The van der Waals surface area contributed by atoms with Gasteiger partial charge in [-0.25, -0.2) is 13.2 Å². The number of nitrogens with one attached hydrogen (secondary N) is 1. The van der Waals surface area contributed by atoms with Crippen molar-refractivity contribution < 1.29 is 22.7 Å². The number of hydrogen-bond acceptors (Lipinski definition) is 5. The van der Waals surface area contributed by atoms with Crippen LogP contribution in [0.3, 0.4) is 0 Å². The van der Waals surface area contributed by atoms with E-state index in [1.54, 1.807) is 37.3 Å². The number of sulfonamides is 1. The lowest BCUT2D eigenvalue weighted by Gasteiger charge is -2.29.